The SMILES string of the molecule is CCN(CCO)c1ccc(NC=C2C(=O)C(C)(C)Oc3ccc4ccc(=O)oc4c32)cc1. The molecule has 2 aromatic carbocycles. The van der Waals surface area contributed by atoms with Gasteiger partial charge < -0.3 is 24.5 Å². The Morgan fingerprint density at radius 2 is 1.78 bits per heavy atom. The molecule has 0 fully saturated rings. The first kappa shape index (κ1) is 21.6. The molecule has 2 heterocycles. The molecule has 0 atom stereocenters. The number of anilines is 2. The number of ketones is 1. The van der Waals surface area contributed by atoms with Crippen LogP contribution in [0.15, 0.2) is 63.9 Å². The van der Waals surface area contributed by atoms with Gasteiger partial charge in [0.1, 0.15) is 11.3 Å². The molecule has 0 radical (unpaired) electrons. The topological polar surface area (TPSA) is 92.0 Å². The molecule has 0 unspecified atom stereocenters. The highest BCUT2D eigenvalue weighted by Crippen LogP contribution is 2.41. The molecule has 2 N–H and O–H groups in total. The molecule has 0 amide bonds. The zero-order valence-corrected chi connectivity index (χ0v) is 18.3. The first-order valence-electron chi connectivity index (χ1n) is 10.6. The van der Waals surface area contributed by atoms with Crippen LogP contribution >= 0.6 is 0 Å². The van der Waals surface area contributed by atoms with Crippen LogP contribution in [0.2, 0.25) is 0 Å². The Balaban J connectivity index is 1.74. The highest BCUT2D eigenvalue weighted by atomic mass is 16.5. The second kappa shape index (κ2) is 8.51. The fourth-order valence-electron chi connectivity index (χ4n) is 3.87. The van der Waals surface area contributed by atoms with E-state index in [1.165, 1.54) is 6.07 Å². The summed E-state index contributed by atoms with van der Waals surface area (Å²) in [6.07, 6.45) is 1.64. The van der Waals surface area contributed by atoms with Crippen molar-refractivity contribution in [2.24, 2.45) is 0 Å². The lowest BCUT2D eigenvalue weighted by atomic mass is 9.87. The van der Waals surface area contributed by atoms with Crippen molar-refractivity contribution in [3.63, 3.8) is 0 Å². The van der Waals surface area contributed by atoms with Crippen LogP contribution in [0.3, 0.4) is 0 Å². The lowest BCUT2D eigenvalue weighted by molar-refractivity contribution is -0.126. The van der Waals surface area contributed by atoms with Crippen LogP contribution in [-0.2, 0) is 4.79 Å². The van der Waals surface area contributed by atoms with Crippen molar-refractivity contribution in [1.29, 1.82) is 0 Å². The fraction of sp³-hybridized carbons (Fsp3) is 0.280. The minimum atomic E-state index is -1.06. The largest absolute Gasteiger partial charge is 0.479 e. The summed E-state index contributed by atoms with van der Waals surface area (Å²) in [4.78, 5) is 27.2. The van der Waals surface area contributed by atoms with Crippen LogP contribution in [0.4, 0.5) is 11.4 Å². The zero-order valence-electron chi connectivity index (χ0n) is 18.3. The average Bonchev–Trinajstić information content (AvgIpc) is 2.78. The average molecular weight is 434 g/mol. The molecule has 0 spiro atoms. The normalized spacial score (nSPS) is 16.0. The Kier molecular flexibility index (Phi) is 5.76. The van der Waals surface area contributed by atoms with Gasteiger partial charge in [-0.3, -0.25) is 4.79 Å². The van der Waals surface area contributed by atoms with E-state index in [1.54, 1.807) is 38.2 Å². The number of aliphatic hydroxyl groups excluding tert-OH is 1. The van der Waals surface area contributed by atoms with Gasteiger partial charge in [-0.1, -0.05) is 0 Å². The summed E-state index contributed by atoms with van der Waals surface area (Å²) in [7, 11) is 0. The number of nitrogens with zero attached hydrogens (tertiary/aromatic N) is 1. The number of carbonyl (C=O) groups is 1. The van der Waals surface area contributed by atoms with Crippen molar-refractivity contribution >= 4 is 33.7 Å². The Labute approximate surface area is 185 Å². The summed E-state index contributed by atoms with van der Waals surface area (Å²) in [5.41, 5.74) is 1.42. The molecule has 32 heavy (non-hydrogen) atoms. The number of nitrogens with one attached hydrogen (secondary N) is 1. The number of hydrogen-bond acceptors (Lipinski definition) is 7. The first-order chi connectivity index (χ1) is 15.3. The molecule has 7 heteroatoms. The highest BCUT2D eigenvalue weighted by Gasteiger charge is 2.40. The summed E-state index contributed by atoms with van der Waals surface area (Å²) in [6, 6.07) is 14.3. The molecular weight excluding hydrogens is 408 g/mol. The molecule has 4 rings (SSSR count). The number of rotatable bonds is 6. The van der Waals surface area contributed by atoms with Crippen LogP contribution in [-0.4, -0.2) is 36.2 Å². The van der Waals surface area contributed by atoms with Crippen molar-refractivity contribution < 1.29 is 19.1 Å². The summed E-state index contributed by atoms with van der Waals surface area (Å²) in [5, 5.41) is 13.1. The summed E-state index contributed by atoms with van der Waals surface area (Å²) in [5.74, 6) is 0.274. The lowest BCUT2D eigenvalue weighted by Crippen LogP contribution is -2.42. The van der Waals surface area contributed by atoms with Gasteiger partial charge in [-0.2, -0.15) is 0 Å². The van der Waals surface area contributed by atoms with E-state index in [1.807, 2.05) is 31.2 Å². The molecule has 7 nitrogen and oxygen atoms in total. The third-order valence-corrected chi connectivity index (χ3v) is 5.54. The molecule has 1 aliphatic heterocycles. The van der Waals surface area contributed by atoms with E-state index >= 15 is 0 Å². The lowest BCUT2D eigenvalue weighted by Gasteiger charge is -2.32. The first-order valence-corrected chi connectivity index (χ1v) is 10.6. The molecule has 166 valence electrons. The van der Waals surface area contributed by atoms with Gasteiger partial charge in [0.15, 0.2) is 5.60 Å². The third-order valence-electron chi connectivity index (χ3n) is 5.54. The smallest absolute Gasteiger partial charge is 0.336 e. The van der Waals surface area contributed by atoms with Crippen LogP contribution < -0.4 is 20.6 Å². The second-order valence-corrected chi connectivity index (χ2v) is 8.11. The highest BCUT2D eigenvalue weighted by molar-refractivity contribution is 6.28. The maximum Gasteiger partial charge on any atom is 0.336 e. The minimum Gasteiger partial charge on any atom is -0.479 e. The van der Waals surface area contributed by atoms with Gasteiger partial charge in [0, 0.05) is 42.1 Å². The monoisotopic (exact) mass is 434 g/mol. The Hall–Kier alpha value is -3.58. The summed E-state index contributed by atoms with van der Waals surface area (Å²) in [6.45, 7) is 6.90. The van der Waals surface area contributed by atoms with E-state index < -0.39 is 11.2 Å². The van der Waals surface area contributed by atoms with E-state index in [2.05, 4.69) is 10.2 Å². The van der Waals surface area contributed by atoms with Gasteiger partial charge in [0.25, 0.3) is 0 Å². The van der Waals surface area contributed by atoms with Crippen LogP contribution in [0.25, 0.3) is 16.5 Å². The van der Waals surface area contributed by atoms with Crippen molar-refractivity contribution in [3.05, 3.63) is 70.7 Å². The number of ether oxygens (including phenoxy) is 1. The Morgan fingerprint density at radius 1 is 1.06 bits per heavy atom. The second-order valence-electron chi connectivity index (χ2n) is 8.11. The third kappa shape index (κ3) is 3.99. The molecule has 0 bridgehead atoms. The maximum atomic E-state index is 13.2. The standard InChI is InChI=1S/C25H26N2O5/c1-4-27(13-14-28)18-9-7-17(8-10-18)26-15-19-22-20(32-25(2,3)24(19)30)11-5-16-6-12-21(29)31-23(16)22/h5-12,15,26,28H,4,13-14H2,1-3H3. The van der Waals surface area contributed by atoms with Crippen LogP contribution in [0, 0.1) is 0 Å². The number of carbonyl (C=O) groups excluding carboxylic acids is 1. The van der Waals surface area contributed by atoms with Gasteiger partial charge in [0.2, 0.25) is 5.78 Å². The van der Waals surface area contributed by atoms with E-state index in [0.717, 1.165) is 17.9 Å². The van der Waals surface area contributed by atoms with Gasteiger partial charge in [-0.15, -0.1) is 0 Å². The summed E-state index contributed by atoms with van der Waals surface area (Å²) >= 11 is 0. The number of hydrogen-bond donors (Lipinski definition) is 2. The molecule has 3 aromatic rings. The quantitative estimate of drug-likeness (QED) is 0.450. The van der Waals surface area contributed by atoms with Crippen LogP contribution in [0.5, 0.6) is 5.75 Å². The molecule has 0 saturated carbocycles. The summed E-state index contributed by atoms with van der Waals surface area (Å²) < 4.78 is 11.4. The molecular formula is C25H26N2O5. The number of fused-ring (bicyclic) bond motifs is 3. The Bertz CT molecular complexity index is 1240. The molecule has 0 saturated heterocycles. The molecule has 1 aromatic heterocycles. The fourth-order valence-corrected chi connectivity index (χ4v) is 3.87. The van der Waals surface area contributed by atoms with Crippen molar-refractivity contribution in [1.82, 2.24) is 0 Å². The molecule has 1 aliphatic rings. The van der Waals surface area contributed by atoms with E-state index in [9.17, 15) is 14.7 Å². The van der Waals surface area contributed by atoms with E-state index in [-0.39, 0.29) is 12.4 Å². The number of aliphatic hydroxyl groups is 1. The van der Waals surface area contributed by atoms with Crippen molar-refractivity contribution in [2.45, 2.75) is 26.4 Å². The maximum absolute atomic E-state index is 13.2. The van der Waals surface area contributed by atoms with Gasteiger partial charge in [-0.05, 0) is 63.2 Å². The molecule has 0 aliphatic carbocycles. The minimum absolute atomic E-state index is 0.0867. The van der Waals surface area contributed by atoms with E-state index in [4.69, 9.17) is 9.15 Å². The van der Waals surface area contributed by atoms with Crippen LogP contribution in [0.1, 0.15) is 26.3 Å². The van der Waals surface area contributed by atoms with Crippen molar-refractivity contribution in [3.8, 4) is 5.75 Å². The van der Waals surface area contributed by atoms with Gasteiger partial charge in [-0.25, -0.2) is 4.79 Å². The predicted molar refractivity (Wildman–Crippen MR) is 125 cm³/mol. The van der Waals surface area contributed by atoms with Gasteiger partial charge >= 0.3 is 5.63 Å². The van der Waals surface area contributed by atoms with Gasteiger partial charge in [0.05, 0.1) is 17.7 Å². The number of benzene rings is 2. The number of Topliss-reactive ketones (excluding diaryl/α,β-unsaturated/α-hetero) is 1. The van der Waals surface area contributed by atoms with Crippen molar-refractivity contribution in [2.75, 3.05) is 29.9 Å². The van der Waals surface area contributed by atoms with E-state index in [0.29, 0.717) is 34.4 Å². The number of likely N-dealkylation sites (N-methyl/N-ethyl adjacent to an activating group) is 1. The Morgan fingerprint density at radius 3 is 2.47 bits per heavy atom. The predicted octanol–water partition coefficient (Wildman–Crippen LogP) is 3.80. The zero-order chi connectivity index (χ0) is 22.9.